The molecule has 2 aromatic heterocycles. The zero-order chi connectivity index (χ0) is 13.1. The molecule has 0 saturated carbocycles. The molecule has 18 heavy (non-hydrogen) atoms. The number of hydrogen-bond donors (Lipinski definition) is 1. The number of unbranched alkanes of at least 4 members (excludes halogenated alkanes) is 1. The van der Waals surface area contributed by atoms with Gasteiger partial charge in [0.1, 0.15) is 5.39 Å². The zero-order valence-electron chi connectivity index (χ0n) is 10.0. The maximum Gasteiger partial charge on any atom is 0.303 e. The van der Waals surface area contributed by atoms with Crippen LogP contribution in [0.4, 0.5) is 0 Å². The molecular formula is C11H14N4O3. The fourth-order valence-corrected chi connectivity index (χ4v) is 1.78. The molecule has 2 aromatic rings. The lowest BCUT2D eigenvalue weighted by Crippen LogP contribution is -2.20. The molecule has 0 amide bonds. The van der Waals surface area contributed by atoms with E-state index >= 15 is 0 Å². The van der Waals surface area contributed by atoms with Crippen molar-refractivity contribution in [1.29, 1.82) is 0 Å². The van der Waals surface area contributed by atoms with Crippen LogP contribution in [-0.2, 0) is 18.4 Å². The summed E-state index contributed by atoms with van der Waals surface area (Å²) < 4.78 is 3.04. The Morgan fingerprint density at radius 1 is 1.44 bits per heavy atom. The zero-order valence-corrected chi connectivity index (χ0v) is 10.0. The molecule has 0 unspecified atom stereocenters. The van der Waals surface area contributed by atoms with Crippen molar-refractivity contribution in [3.8, 4) is 0 Å². The van der Waals surface area contributed by atoms with Crippen LogP contribution in [0.25, 0.3) is 11.0 Å². The summed E-state index contributed by atoms with van der Waals surface area (Å²) in [5.41, 5.74) is 0.421. The van der Waals surface area contributed by atoms with Gasteiger partial charge in [0.2, 0.25) is 0 Å². The summed E-state index contributed by atoms with van der Waals surface area (Å²) in [4.78, 5) is 26.5. The number of fused-ring (bicyclic) bond motifs is 1. The molecule has 2 heterocycles. The van der Waals surface area contributed by atoms with Crippen molar-refractivity contribution >= 4 is 17.0 Å². The standard InChI is InChI=1S/C11H14N4O3/c1-14-10-8(6-13-14)11(18)15(7-12-10)5-3-2-4-9(16)17/h6-7H,2-5H2,1H3,(H,16,17). The number of nitrogens with zero attached hydrogens (tertiary/aromatic N) is 4. The van der Waals surface area contributed by atoms with Gasteiger partial charge in [0.25, 0.3) is 5.56 Å². The lowest BCUT2D eigenvalue weighted by molar-refractivity contribution is -0.137. The number of carboxylic acid groups (broad SMARTS) is 1. The van der Waals surface area contributed by atoms with Crippen molar-refractivity contribution in [3.63, 3.8) is 0 Å². The van der Waals surface area contributed by atoms with E-state index in [2.05, 4.69) is 10.1 Å². The molecule has 2 rings (SSSR count). The third kappa shape index (κ3) is 2.39. The SMILES string of the molecule is Cn1ncc2c(=O)n(CCCCC(=O)O)cnc21. The van der Waals surface area contributed by atoms with Crippen LogP contribution in [0.1, 0.15) is 19.3 Å². The fourth-order valence-electron chi connectivity index (χ4n) is 1.78. The largest absolute Gasteiger partial charge is 0.481 e. The Morgan fingerprint density at radius 2 is 2.22 bits per heavy atom. The summed E-state index contributed by atoms with van der Waals surface area (Å²) in [5, 5.41) is 13.0. The molecule has 0 radical (unpaired) electrons. The van der Waals surface area contributed by atoms with Crippen LogP contribution in [-0.4, -0.2) is 30.4 Å². The maximum atomic E-state index is 12.0. The molecule has 1 N–H and O–H groups in total. The Balaban J connectivity index is 2.12. The van der Waals surface area contributed by atoms with Crippen molar-refractivity contribution in [2.24, 2.45) is 7.05 Å². The van der Waals surface area contributed by atoms with Gasteiger partial charge in [-0.15, -0.1) is 0 Å². The molecule has 0 aliphatic heterocycles. The first-order chi connectivity index (χ1) is 8.59. The van der Waals surface area contributed by atoms with Gasteiger partial charge in [-0.1, -0.05) is 0 Å². The highest BCUT2D eigenvalue weighted by Gasteiger charge is 2.07. The van der Waals surface area contributed by atoms with E-state index in [-0.39, 0.29) is 12.0 Å². The van der Waals surface area contributed by atoms with Crippen LogP contribution < -0.4 is 5.56 Å². The van der Waals surface area contributed by atoms with Crippen LogP contribution >= 0.6 is 0 Å². The second-order valence-corrected chi connectivity index (χ2v) is 4.10. The molecule has 7 heteroatoms. The number of aliphatic carboxylic acids is 1. The lowest BCUT2D eigenvalue weighted by atomic mass is 10.2. The number of aryl methyl sites for hydroxylation is 2. The summed E-state index contributed by atoms with van der Waals surface area (Å²) in [6, 6.07) is 0. The maximum absolute atomic E-state index is 12.0. The van der Waals surface area contributed by atoms with E-state index in [9.17, 15) is 9.59 Å². The average molecular weight is 250 g/mol. The highest BCUT2D eigenvalue weighted by atomic mass is 16.4. The molecule has 0 aliphatic rings. The Morgan fingerprint density at radius 3 is 2.94 bits per heavy atom. The van der Waals surface area contributed by atoms with Crippen molar-refractivity contribution in [2.75, 3.05) is 0 Å². The minimum Gasteiger partial charge on any atom is -0.481 e. The smallest absolute Gasteiger partial charge is 0.303 e. The molecule has 0 fully saturated rings. The Bertz CT molecular complexity index is 629. The molecule has 0 aromatic carbocycles. The van der Waals surface area contributed by atoms with Crippen LogP contribution in [0.15, 0.2) is 17.3 Å². The highest BCUT2D eigenvalue weighted by Crippen LogP contribution is 2.04. The number of hydrogen-bond acceptors (Lipinski definition) is 4. The molecule has 0 aliphatic carbocycles. The lowest BCUT2D eigenvalue weighted by Gasteiger charge is -2.04. The Kier molecular flexibility index (Phi) is 3.40. The summed E-state index contributed by atoms with van der Waals surface area (Å²) in [7, 11) is 1.73. The van der Waals surface area contributed by atoms with Gasteiger partial charge in [-0.3, -0.25) is 18.8 Å². The molecule has 0 saturated heterocycles. The number of carbonyl (C=O) groups is 1. The van der Waals surface area contributed by atoms with Crippen molar-refractivity contribution < 1.29 is 9.90 Å². The van der Waals surface area contributed by atoms with Gasteiger partial charge in [-0.25, -0.2) is 4.98 Å². The van der Waals surface area contributed by atoms with Crippen LogP contribution in [0.3, 0.4) is 0 Å². The summed E-state index contributed by atoms with van der Waals surface area (Å²) >= 11 is 0. The molecule has 96 valence electrons. The van der Waals surface area contributed by atoms with E-state index in [0.29, 0.717) is 30.4 Å². The predicted molar refractivity (Wildman–Crippen MR) is 64.3 cm³/mol. The van der Waals surface area contributed by atoms with Crippen LogP contribution in [0.5, 0.6) is 0 Å². The summed E-state index contributed by atoms with van der Waals surface area (Å²) in [5.74, 6) is -0.816. The first kappa shape index (κ1) is 12.3. The molecule has 0 spiro atoms. The van der Waals surface area contributed by atoms with Crippen molar-refractivity contribution in [2.45, 2.75) is 25.8 Å². The van der Waals surface area contributed by atoms with E-state index in [0.717, 1.165) is 0 Å². The van der Waals surface area contributed by atoms with Crippen LogP contribution in [0, 0.1) is 0 Å². The first-order valence-corrected chi connectivity index (χ1v) is 5.68. The van der Waals surface area contributed by atoms with Gasteiger partial charge < -0.3 is 5.11 Å². The van der Waals surface area contributed by atoms with E-state index in [1.807, 2.05) is 0 Å². The minimum absolute atomic E-state index is 0.122. The summed E-state index contributed by atoms with van der Waals surface area (Å²) in [6.07, 6.45) is 4.29. The third-order valence-corrected chi connectivity index (χ3v) is 2.76. The molecule has 7 nitrogen and oxygen atoms in total. The molecule has 0 atom stereocenters. The number of rotatable bonds is 5. The van der Waals surface area contributed by atoms with Gasteiger partial charge in [0, 0.05) is 20.0 Å². The average Bonchev–Trinajstić information content (AvgIpc) is 2.70. The Hall–Kier alpha value is -2.18. The first-order valence-electron chi connectivity index (χ1n) is 5.68. The van der Waals surface area contributed by atoms with Gasteiger partial charge in [0.15, 0.2) is 5.65 Å². The Labute approximate surface area is 103 Å². The minimum atomic E-state index is -0.816. The van der Waals surface area contributed by atoms with Gasteiger partial charge >= 0.3 is 5.97 Å². The quantitative estimate of drug-likeness (QED) is 0.775. The van der Waals surface area contributed by atoms with Crippen molar-refractivity contribution in [3.05, 3.63) is 22.9 Å². The van der Waals surface area contributed by atoms with Crippen molar-refractivity contribution in [1.82, 2.24) is 19.3 Å². The van der Waals surface area contributed by atoms with E-state index < -0.39 is 5.97 Å². The normalized spacial score (nSPS) is 10.9. The molecular weight excluding hydrogens is 236 g/mol. The topological polar surface area (TPSA) is 90.0 Å². The predicted octanol–water partition coefficient (Wildman–Crippen LogP) is 0.385. The monoisotopic (exact) mass is 250 g/mol. The fraction of sp³-hybridized carbons (Fsp3) is 0.455. The highest BCUT2D eigenvalue weighted by molar-refractivity contribution is 5.72. The van der Waals surface area contributed by atoms with Gasteiger partial charge in [0.05, 0.1) is 12.5 Å². The number of aromatic nitrogens is 4. The van der Waals surface area contributed by atoms with E-state index in [1.54, 1.807) is 11.7 Å². The number of carboxylic acids is 1. The van der Waals surface area contributed by atoms with E-state index in [1.165, 1.54) is 17.1 Å². The second kappa shape index (κ2) is 4.99. The third-order valence-electron chi connectivity index (χ3n) is 2.76. The summed E-state index contributed by atoms with van der Waals surface area (Å²) in [6.45, 7) is 0.476. The van der Waals surface area contributed by atoms with E-state index in [4.69, 9.17) is 5.11 Å². The van der Waals surface area contributed by atoms with Gasteiger partial charge in [-0.2, -0.15) is 5.10 Å². The van der Waals surface area contributed by atoms with Crippen LogP contribution in [0.2, 0.25) is 0 Å². The molecule has 0 bridgehead atoms. The van der Waals surface area contributed by atoms with Gasteiger partial charge in [-0.05, 0) is 12.8 Å². The second-order valence-electron chi connectivity index (χ2n) is 4.10.